The van der Waals surface area contributed by atoms with Crippen LogP contribution in [0.4, 0.5) is 4.39 Å². The van der Waals surface area contributed by atoms with E-state index in [1.807, 2.05) is 0 Å². The van der Waals surface area contributed by atoms with Crippen molar-refractivity contribution in [2.24, 2.45) is 0 Å². The van der Waals surface area contributed by atoms with E-state index in [4.69, 9.17) is 4.42 Å². The number of nitrogens with one attached hydrogen (secondary N) is 1. The molecule has 0 aliphatic carbocycles. The van der Waals surface area contributed by atoms with Gasteiger partial charge in [-0.25, -0.2) is 17.8 Å². The second-order valence-electron chi connectivity index (χ2n) is 5.23. The third-order valence-corrected chi connectivity index (χ3v) is 4.63. The molecule has 0 spiro atoms. The molecule has 3 rings (SSSR count). The monoisotopic (exact) mass is 339 g/mol. The zero-order valence-corrected chi connectivity index (χ0v) is 13.1. The summed E-state index contributed by atoms with van der Waals surface area (Å²) in [4.78, 5) is 16.0. The molecule has 1 aromatic heterocycles. The number of benzene rings is 1. The molecule has 122 valence electrons. The molecule has 0 bridgehead atoms. The Kier molecular flexibility index (Phi) is 3.90. The first-order chi connectivity index (χ1) is 10.8. The van der Waals surface area contributed by atoms with Crippen molar-refractivity contribution in [3.05, 3.63) is 53.0 Å². The van der Waals surface area contributed by atoms with Crippen molar-refractivity contribution >= 4 is 15.9 Å². The lowest BCUT2D eigenvalue weighted by molar-refractivity contribution is 0.0913. The van der Waals surface area contributed by atoms with Crippen LogP contribution in [-0.2, 0) is 29.7 Å². The van der Waals surface area contributed by atoms with Gasteiger partial charge in [-0.3, -0.25) is 4.79 Å². The van der Waals surface area contributed by atoms with E-state index in [-0.39, 0.29) is 31.3 Å². The second kappa shape index (κ2) is 5.74. The minimum absolute atomic E-state index is 0.0678. The standard InChI is InChI=1S/C14H14FN3O4S/c1-23(20,21)18-7-11-12(8-18)22-14(17-11)13(19)16-6-9-3-2-4-10(15)5-9/h2-5H,6-8H2,1H3,(H,16,19). The fourth-order valence-electron chi connectivity index (χ4n) is 2.25. The Hall–Kier alpha value is -2.26. The van der Waals surface area contributed by atoms with E-state index < -0.39 is 15.9 Å². The van der Waals surface area contributed by atoms with Gasteiger partial charge in [-0.1, -0.05) is 12.1 Å². The summed E-state index contributed by atoms with van der Waals surface area (Å²) in [5.41, 5.74) is 1.05. The summed E-state index contributed by atoms with van der Waals surface area (Å²) in [5.74, 6) is -0.673. The van der Waals surface area contributed by atoms with E-state index in [1.165, 1.54) is 16.4 Å². The molecule has 7 nitrogen and oxygen atoms in total. The first-order valence-electron chi connectivity index (χ1n) is 6.79. The third kappa shape index (κ3) is 3.40. The number of fused-ring (bicyclic) bond motifs is 1. The Morgan fingerprint density at radius 3 is 2.87 bits per heavy atom. The van der Waals surface area contributed by atoms with Crippen LogP contribution in [0, 0.1) is 5.82 Å². The van der Waals surface area contributed by atoms with Crippen molar-refractivity contribution in [2.75, 3.05) is 6.26 Å². The highest BCUT2D eigenvalue weighted by Gasteiger charge is 2.32. The number of carbonyl (C=O) groups is 1. The lowest BCUT2D eigenvalue weighted by Gasteiger charge is -2.10. The maximum atomic E-state index is 13.1. The summed E-state index contributed by atoms with van der Waals surface area (Å²) in [6.45, 7) is 0.298. The number of rotatable bonds is 4. The predicted octanol–water partition coefficient (Wildman–Crippen LogP) is 1.02. The molecule has 0 fully saturated rings. The van der Waals surface area contributed by atoms with Crippen molar-refractivity contribution in [3.8, 4) is 0 Å². The fourth-order valence-corrected chi connectivity index (χ4v) is 2.96. The topological polar surface area (TPSA) is 92.5 Å². The van der Waals surface area contributed by atoms with Crippen molar-refractivity contribution in [2.45, 2.75) is 19.6 Å². The molecule has 1 N–H and O–H groups in total. The Morgan fingerprint density at radius 1 is 1.43 bits per heavy atom. The van der Waals surface area contributed by atoms with Crippen LogP contribution < -0.4 is 5.32 Å². The lowest BCUT2D eigenvalue weighted by atomic mass is 10.2. The smallest absolute Gasteiger partial charge is 0.307 e. The van der Waals surface area contributed by atoms with E-state index in [0.717, 1.165) is 6.26 Å². The lowest BCUT2D eigenvalue weighted by Crippen LogP contribution is -2.25. The quantitative estimate of drug-likeness (QED) is 0.898. The number of carbonyl (C=O) groups excluding carboxylic acids is 1. The number of hydrogen-bond donors (Lipinski definition) is 1. The van der Waals surface area contributed by atoms with Crippen molar-refractivity contribution in [1.29, 1.82) is 0 Å². The fraction of sp³-hybridized carbons (Fsp3) is 0.286. The van der Waals surface area contributed by atoms with Gasteiger partial charge in [0, 0.05) is 6.54 Å². The summed E-state index contributed by atoms with van der Waals surface area (Å²) >= 11 is 0. The maximum Gasteiger partial charge on any atom is 0.307 e. The van der Waals surface area contributed by atoms with Gasteiger partial charge < -0.3 is 9.73 Å². The van der Waals surface area contributed by atoms with Crippen LogP contribution in [0.3, 0.4) is 0 Å². The highest BCUT2D eigenvalue weighted by atomic mass is 32.2. The SMILES string of the molecule is CS(=O)(=O)N1Cc2nc(C(=O)NCc3cccc(F)c3)oc2C1. The van der Waals surface area contributed by atoms with Crippen LogP contribution >= 0.6 is 0 Å². The molecular formula is C14H14FN3O4S. The van der Waals surface area contributed by atoms with Gasteiger partial charge in [0.2, 0.25) is 10.0 Å². The van der Waals surface area contributed by atoms with E-state index >= 15 is 0 Å². The summed E-state index contributed by atoms with van der Waals surface area (Å²) in [6.07, 6.45) is 1.10. The van der Waals surface area contributed by atoms with Crippen LogP contribution in [0.25, 0.3) is 0 Å². The maximum absolute atomic E-state index is 13.1. The zero-order valence-electron chi connectivity index (χ0n) is 12.2. The van der Waals surface area contributed by atoms with Crippen molar-refractivity contribution in [1.82, 2.24) is 14.6 Å². The number of aromatic nitrogens is 1. The Bertz CT molecular complexity index is 839. The zero-order chi connectivity index (χ0) is 16.6. The molecule has 0 radical (unpaired) electrons. The minimum atomic E-state index is -3.33. The largest absolute Gasteiger partial charge is 0.436 e. The Balaban J connectivity index is 1.65. The molecule has 0 unspecified atom stereocenters. The minimum Gasteiger partial charge on any atom is -0.436 e. The molecule has 1 aliphatic heterocycles. The first kappa shape index (κ1) is 15.6. The predicted molar refractivity (Wildman–Crippen MR) is 78.2 cm³/mol. The molecule has 2 aromatic rings. The van der Waals surface area contributed by atoms with E-state index in [0.29, 0.717) is 17.0 Å². The summed E-state index contributed by atoms with van der Waals surface area (Å²) < 4.78 is 42.5. The Labute approximate surface area is 132 Å². The average Bonchev–Trinajstić information content (AvgIpc) is 3.02. The molecule has 0 saturated carbocycles. The van der Waals surface area contributed by atoms with Gasteiger partial charge in [0.25, 0.3) is 5.89 Å². The third-order valence-electron chi connectivity index (χ3n) is 3.43. The highest BCUT2D eigenvalue weighted by Crippen LogP contribution is 2.25. The Morgan fingerprint density at radius 2 is 2.22 bits per heavy atom. The molecule has 23 heavy (non-hydrogen) atoms. The molecule has 2 heterocycles. The van der Waals surface area contributed by atoms with Gasteiger partial charge in [-0.15, -0.1) is 0 Å². The van der Waals surface area contributed by atoms with Gasteiger partial charge >= 0.3 is 5.91 Å². The number of oxazole rings is 1. The molecule has 1 aromatic carbocycles. The van der Waals surface area contributed by atoms with Crippen LogP contribution in [-0.4, -0.2) is 29.9 Å². The molecule has 1 amide bonds. The van der Waals surface area contributed by atoms with Crippen LogP contribution in [0.5, 0.6) is 0 Å². The molecular weight excluding hydrogens is 325 g/mol. The summed E-state index contributed by atoms with van der Waals surface area (Å²) in [5, 5.41) is 2.58. The van der Waals surface area contributed by atoms with E-state index in [2.05, 4.69) is 10.3 Å². The second-order valence-corrected chi connectivity index (χ2v) is 7.21. The number of nitrogens with zero attached hydrogens (tertiary/aromatic N) is 2. The first-order valence-corrected chi connectivity index (χ1v) is 8.64. The van der Waals surface area contributed by atoms with Gasteiger partial charge in [-0.2, -0.15) is 4.31 Å². The molecule has 0 atom stereocenters. The van der Waals surface area contributed by atoms with E-state index in [9.17, 15) is 17.6 Å². The van der Waals surface area contributed by atoms with Gasteiger partial charge in [0.1, 0.15) is 11.6 Å². The number of halogens is 1. The normalized spacial score (nSPS) is 14.7. The highest BCUT2D eigenvalue weighted by molar-refractivity contribution is 7.88. The van der Waals surface area contributed by atoms with E-state index in [1.54, 1.807) is 12.1 Å². The van der Waals surface area contributed by atoms with Gasteiger partial charge in [0.05, 0.1) is 25.0 Å². The summed E-state index contributed by atoms with van der Waals surface area (Å²) in [6, 6.07) is 5.87. The molecule has 1 aliphatic rings. The summed E-state index contributed by atoms with van der Waals surface area (Å²) in [7, 11) is -3.33. The van der Waals surface area contributed by atoms with Crippen LogP contribution in [0.2, 0.25) is 0 Å². The van der Waals surface area contributed by atoms with Crippen LogP contribution in [0.1, 0.15) is 27.7 Å². The van der Waals surface area contributed by atoms with Crippen LogP contribution in [0.15, 0.2) is 28.7 Å². The number of hydrogen-bond acceptors (Lipinski definition) is 5. The number of sulfonamides is 1. The van der Waals surface area contributed by atoms with Gasteiger partial charge in [0.15, 0.2) is 0 Å². The molecule has 0 saturated heterocycles. The average molecular weight is 339 g/mol. The van der Waals surface area contributed by atoms with Crippen molar-refractivity contribution in [3.63, 3.8) is 0 Å². The van der Waals surface area contributed by atoms with Crippen molar-refractivity contribution < 1.29 is 22.0 Å². The van der Waals surface area contributed by atoms with Gasteiger partial charge in [-0.05, 0) is 17.7 Å². The molecule has 9 heteroatoms. The number of amides is 1.